The maximum atomic E-state index is 13.7. The highest BCUT2D eigenvalue weighted by molar-refractivity contribution is 14.0. The Labute approximate surface area is 170 Å². The summed E-state index contributed by atoms with van der Waals surface area (Å²) >= 11 is 0. The number of aliphatic hydroxyl groups is 1. The minimum Gasteiger partial charge on any atom is -0.497 e. The number of nitrogens with zero attached hydrogens (tertiary/aromatic N) is 1. The Kier molecular flexibility index (Phi) is 9.97. The number of aliphatic hydroxyl groups excluding tert-OH is 1. The smallest absolute Gasteiger partial charge is 0.191 e. The van der Waals surface area contributed by atoms with Gasteiger partial charge < -0.3 is 20.5 Å². The molecule has 0 saturated heterocycles. The second kappa shape index (κ2) is 11.7. The molecule has 0 radical (unpaired) electrons. The van der Waals surface area contributed by atoms with Gasteiger partial charge in [-0.05, 0) is 30.7 Å². The van der Waals surface area contributed by atoms with Crippen LogP contribution in [-0.2, 0) is 6.54 Å². The molecule has 142 valence electrons. The summed E-state index contributed by atoms with van der Waals surface area (Å²) < 4.78 is 18.9. The maximum absolute atomic E-state index is 13.7. The van der Waals surface area contributed by atoms with Crippen molar-refractivity contribution in [1.82, 2.24) is 10.6 Å². The minimum absolute atomic E-state index is 0. The molecular formula is C19H25FIN3O2. The highest BCUT2D eigenvalue weighted by atomic mass is 127. The molecular weight excluding hydrogens is 448 g/mol. The van der Waals surface area contributed by atoms with Crippen LogP contribution in [0, 0.1) is 5.82 Å². The van der Waals surface area contributed by atoms with E-state index in [0.29, 0.717) is 19.0 Å². The fourth-order valence-corrected chi connectivity index (χ4v) is 2.33. The second-order valence-corrected chi connectivity index (χ2v) is 5.46. The van der Waals surface area contributed by atoms with E-state index in [4.69, 9.17) is 4.74 Å². The molecule has 7 heteroatoms. The van der Waals surface area contributed by atoms with Gasteiger partial charge in [0, 0.05) is 18.7 Å². The van der Waals surface area contributed by atoms with E-state index < -0.39 is 11.9 Å². The Balaban J connectivity index is 0.00000338. The predicted octanol–water partition coefficient (Wildman–Crippen LogP) is 3.24. The van der Waals surface area contributed by atoms with E-state index in [1.54, 1.807) is 25.3 Å². The highest BCUT2D eigenvalue weighted by Gasteiger charge is 2.12. The van der Waals surface area contributed by atoms with Crippen LogP contribution in [0.15, 0.2) is 53.5 Å². The van der Waals surface area contributed by atoms with Crippen molar-refractivity contribution in [2.24, 2.45) is 4.99 Å². The number of benzene rings is 2. The summed E-state index contributed by atoms with van der Waals surface area (Å²) in [6, 6.07) is 13.9. The Bertz CT molecular complexity index is 713. The first-order chi connectivity index (χ1) is 12.1. The molecule has 0 heterocycles. The van der Waals surface area contributed by atoms with Crippen molar-refractivity contribution in [3.8, 4) is 5.75 Å². The molecule has 0 spiro atoms. The molecule has 1 unspecified atom stereocenters. The van der Waals surface area contributed by atoms with Gasteiger partial charge in [0.1, 0.15) is 11.6 Å². The fraction of sp³-hybridized carbons (Fsp3) is 0.316. The van der Waals surface area contributed by atoms with Crippen LogP contribution in [0.2, 0.25) is 0 Å². The van der Waals surface area contributed by atoms with Crippen molar-refractivity contribution in [2.75, 3.05) is 20.2 Å². The van der Waals surface area contributed by atoms with Crippen LogP contribution in [0.25, 0.3) is 0 Å². The number of halogens is 2. The van der Waals surface area contributed by atoms with E-state index in [-0.39, 0.29) is 36.1 Å². The van der Waals surface area contributed by atoms with Gasteiger partial charge in [-0.3, -0.25) is 0 Å². The van der Waals surface area contributed by atoms with Crippen molar-refractivity contribution < 1.29 is 14.2 Å². The molecule has 0 aromatic heterocycles. The first-order valence-corrected chi connectivity index (χ1v) is 8.21. The molecule has 0 aliphatic carbocycles. The summed E-state index contributed by atoms with van der Waals surface area (Å²) in [5.41, 5.74) is 1.27. The quantitative estimate of drug-likeness (QED) is 0.328. The highest BCUT2D eigenvalue weighted by Crippen LogP contribution is 2.16. The third-order valence-electron chi connectivity index (χ3n) is 3.63. The van der Waals surface area contributed by atoms with Gasteiger partial charge in [-0.2, -0.15) is 0 Å². The zero-order valence-electron chi connectivity index (χ0n) is 14.9. The number of hydrogen-bond acceptors (Lipinski definition) is 3. The Morgan fingerprint density at radius 1 is 1.19 bits per heavy atom. The number of guanidine groups is 1. The van der Waals surface area contributed by atoms with Crippen molar-refractivity contribution in [1.29, 1.82) is 0 Å². The van der Waals surface area contributed by atoms with Crippen LogP contribution in [0.4, 0.5) is 4.39 Å². The number of rotatable bonds is 7. The molecule has 3 N–H and O–H groups in total. The van der Waals surface area contributed by atoms with Crippen molar-refractivity contribution in [3.63, 3.8) is 0 Å². The van der Waals surface area contributed by atoms with Crippen LogP contribution >= 0.6 is 24.0 Å². The largest absolute Gasteiger partial charge is 0.497 e. The Hall–Kier alpha value is -1.87. The molecule has 0 bridgehead atoms. The van der Waals surface area contributed by atoms with Gasteiger partial charge >= 0.3 is 0 Å². The number of ether oxygens (including phenoxy) is 1. The molecule has 5 nitrogen and oxygen atoms in total. The number of methoxy groups -OCH3 is 1. The normalized spacial score (nSPS) is 12.1. The molecule has 0 amide bonds. The fourth-order valence-electron chi connectivity index (χ4n) is 2.33. The summed E-state index contributed by atoms with van der Waals surface area (Å²) in [6.07, 6.45) is -0.957. The first-order valence-electron chi connectivity index (χ1n) is 8.21. The number of nitrogens with one attached hydrogen (secondary N) is 2. The average molecular weight is 473 g/mol. The third kappa shape index (κ3) is 6.80. The van der Waals surface area contributed by atoms with Crippen LogP contribution < -0.4 is 15.4 Å². The van der Waals surface area contributed by atoms with E-state index in [2.05, 4.69) is 15.6 Å². The van der Waals surface area contributed by atoms with Gasteiger partial charge in [-0.25, -0.2) is 9.38 Å². The lowest BCUT2D eigenvalue weighted by Crippen LogP contribution is -2.39. The molecule has 2 aromatic rings. The molecule has 2 aromatic carbocycles. The lowest BCUT2D eigenvalue weighted by atomic mass is 10.1. The third-order valence-corrected chi connectivity index (χ3v) is 3.63. The van der Waals surface area contributed by atoms with Gasteiger partial charge in [-0.1, -0.05) is 30.3 Å². The second-order valence-electron chi connectivity index (χ2n) is 5.46. The van der Waals surface area contributed by atoms with E-state index in [1.807, 2.05) is 31.2 Å². The SMILES string of the molecule is CCNC(=NCc1cccc(OC)c1)NCC(O)c1ccccc1F.I. The van der Waals surface area contributed by atoms with Crippen LogP contribution in [0.5, 0.6) is 5.75 Å². The van der Waals surface area contributed by atoms with Gasteiger partial charge in [0.25, 0.3) is 0 Å². The summed E-state index contributed by atoms with van der Waals surface area (Å²) in [4.78, 5) is 4.48. The monoisotopic (exact) mass is 473 g/mol. The van der Waals surface area contributed by atoms with Crippen molar-refractivity contribution >= 4 is 29.9 Å². The van der Waals surface area contributed by atoms with E-state index in [0.717, 1.165) is 11.3 Å². The van der Waals surface area contributed by atoms with Gasteiger partial charge in [0.05, 0.1) is 19.8 Å². The Morgan fingerprint density at radius 2 is 1.96 bits per heavy atom. The van der Waals surface area contributed by atoms with E-state index in [1.165, 1.54) is 6.07 Å². The van der Waals surface area contributed by atoms with Crippen LogP contribution in [-0.4, -0.2) is 31.3 Å². The van der Waals surface area contributed by atoms with Gasteiger partial charge in [0.2, 0.25) is 0 Å². The molecule has 1 atom stereocenters. The van der Waals surface area contributed by atoms with E-state index in [9.17, 15) is 9.50 Å². The van der Waals surface area contributed by atoms with Crippen LogP contribution in [0.1, 0.15) is 24.2 Å². The van der Waals surface area contributed by atoms with Crippen molar-refractivity contribution in [2.45, 2.75) is 19.6 Å². The molecule has 26 heavy (non-hydrogen) atoms. The summed E-state index contributed by atoms with van der Waals surface area (Å²) in [6.45, 7) is 3.25. The zero-order chi connectivity index (χ0) is 18.1. The summed E-state index contributed by atoms with van der Waals surface area (Å²) in [5.74, 6) is 0.913. The summed E-state index contributed by atoms with van der Waals surface area (Å²) in [5, 5.41) is 16.3. The zero-order valence-corrected chi connectivity index (χ0v) is 17.2. The lowest BCUT2D eigenvalue weighted by molar-refractivity contribution is 0.176. The average Bonchev–Trinajstić information content (AvgIpc) is 2.64. The molecule has 2 rings (SSSR count). The maximum Gasteiger partial charge on any atom is 0.191 e. The predicted molar refractivity (Wildman–Crippen MR) is 113 cm³/mol. The lowest BCUT2D eigenvalue weighted by Gasteiger charge is -2.16. The van der Waals surface area contributed by atoms with Gasteiger partial charge in [0.15, 0.2) is 5.96 Å². The molecule has 0 aliphatic heterocycles. The van der Waals surface area contributed by atoms with E-state index >= 15 is 0 Å². The number of hydrogen-bond donors (Lipinski definition) is 3. The summed E-state index contributed by atoms with van der Waals surface area (Å²) in [7, 11) is 1.62. The Morgan fingerprint density at radius 3 is 2.65 bits per heavy atom. The first kappa shape index (κ1) is 22.2. The van der Waals surface area contributed by atoms with Crippen molar-refractivity contribution in [3.05, 3.63) is 65.5 Å². The molecule has 0 aliphatic rings. The molecule has 0 saturated carbocycles. The molecule has 0 fully saturated rings. The standard InChI is InChI=1S/C19H24FN3O2.HI/c1-3-21-19(22-12-14-7-6-8-15(11-14)25-2)23-13-18(24)16-9-4-5-10-17(16)20;/h4-11,18,24H,3,12-13H2,1-2H3,(H2,21,22,23);1H. The minimum atomic E-state index is -0.957. The number of aliphatic imine (C=N–C) groups is 1. The van der Waals surface area contributed by atoms with Crippen LogP contribution in [0.3, 0.4) is 0 Å². The van der Waals surface area contributed by atoms with Gasteiger partial charge in [-0.15, -0.1) is 24.0 Å². The topological polar surface area (TPSA) is 65.9 Å².